The fraction of sp³-hybridized carbons (Fsp3) is 0.368. The van der Waals surface area contributed by atoms with Crippen LogP contribution >= 0.6 is 12.2 Å². The number of hydrogen-bond acceptors (Lipinski definition) is 6. The number of furan rings is 1. The number of hydrogen-bond donors (Lipinski definition) is 1. The fourth-order valence-electron chi connectivity index (χ4n) is 2.42. The van der Waals surface area contributed by atoms with Gasteiger partial charge < -0.3 is 24.0 Å². The van der Waals surface area contributed by atoms with Crippen molar-refractivity contribution in [1.82, 2.24) is 5.32 Å². The van der Waals surface area contributed by atoms with E-state index in [9.17, 15) is 0 Å². The molecule has 0 bridgehead atoms. The molecule has 0 aliphatic rings. The molecule has 2 aromatic rings. The third-order valence-electron chi connectivity index (χ3n) is 3.94. The summed E-state index contributed by atoms with van der Waals surface area (Å²) in [5.41, 5.74) is 2.62. The van der Waals surface area contributed by atoms with Gasteiger partial charge in [0.15, 0.2) is 23.0 Å². The number of thiocarbonyl (C=S) groups is 1. The number of nitrogens with one attached hydrogen (secondary N) is 1. The van der Waals surface area contributed by atoms with Crippen molar-refractivity contribution in [2.24, 2.45) is 5.16 Å². The molecule has 0 spiro atoms. The zero-order chi connectivity index (χ0) is 19.1. The van der Waals surface area contributed by atoms with E-state index < -0.39 is 0 Å². The van der Waals surface area contributed by atoms with Gasteiger partial charge in [0.1, 0.15) is 17.9 Å². The molecule has 2 rings (SSSR count). The molecule has 0 saturated carbocycles. The Morgan fingerprint density at radius 2 is 1.85 bits per heavy atom. The van der Waals surface area contributed by atoms with Crippen LogP contribution in [0.3, 0.4) is 0 Å². The Labute approximate surface area is 159 Å². The lowest BCUT2D eigenvalue weighted by Crippen LogP contribution is -2.31. The third-order valence-corrected chi connectivity index (χ3v) is 4.28. The molecule has 0 saturated heterocycles. The van der Waals surface area contributed by atoms with Crippen LogP contribution in [0.5, 0.6) is 11.5 Å². The Balaban J connectivity index is 2.01. The van der Waals surface area contributed by atoms with E-state index >= 15 is 0 Å². The van der Waals surface area contributed by atoms with Gasteiger partial charge in [-0.05, 0) is 49.6 Å². The van der Waals surface area contributed by atoms with Gasteiger partial charge in [-0.2, -0.15) is 0 Å². The summed E-state index contributed by atoms with van der Waals surface area (Å²) in [7, 11) is 4.72. The van der Waals surface area contributed by atoms with Crippen LogP contribution in [0.15, 0.2) is 33.8 Å². The van der Waals surface area contributed by atoms with E-state index in [-0.39, 0.29) is 0 Å². The number of aryl methyl sites for hydroxylation is 2. The van der Waals surface area contributed by atoms with E-state index in [1.165, 1.54) is 7.11 Å². The first kappa shape index (κ1) is 19.8. The van der Waals surface area contributed by atoms with Crippen LogP contribution in [0.4, 0.5) is 0 Å². The van der Waals surface area contributed by atoms with Crippen molar-refractivity contribution in [3.63, 3.8) is 0 Å². The summed E-state index contributed by atoms with van der Waals surface area (Å²) in [6.07, 6.45) is 0.761. The second-order valence-corrected chi connectivity index (χ2v) is 6.08. The highest BCUT2D eigenvalue weighted by atomic mass is 32.1. The number of rotatable bonds is 8. The van der Waals surface area contributed by atoms with E-state index in [1.54, 1.807) is 14.2 Å². The van der Waals surface area contributed by atoms with E-state index in [1.807, 2.05) is 38.1 Å². The molecule has 7 heteroatoms. The first-order valence-corrected chi connectivity index (χ1v) is 8.58. The maximum atomic E-state index is 5.70. The van der Waals surface area contributed by atoms with Crippen molar-refractivity contribution in [1.29, 1.82) is 0 Å². The monoisotopic (exact) mass is 376 g/mol. The molecule has 0 aliphatic heterocycles. The Kier molecular flexibility index (Phi) is 7.03. The minimum absolute atomic E-state index is 0.473. The molecule has 0 atom stereocenters. The molecule has 26 heavy (non-hydrogen) atoms. The van der Waals surface area contributed by atoms with Crippen LogP contribution < -0.4 is 14.8 Å². The Hall–Kier alpha value is -2.54. The van der Waals surface area contributed by atoms with Gasteiger partial charge in [0.05, 0.1) is 14.2 Å². The Morgan fingerprint density at radius 3 is 2.42 bits per heavy atom. The maximum absolute atomic E-state index is 5.70. The highest BCUT2D eigenvalue weighted by Gasteiger charge is 2.16. The largest absolute Gasteiger partial charge is 0.493 e. The van der Waals surface area contributed by atoms with Gasteiger partial charge in [0.2, 0.25) is 0 Å². The van der Waals surface area contributed by atoms with E-state index in [0.29, 0.717) is 34.5 Å². The SMILES string of the molecule is CON=C(C(=S)NCCc1ccc(OC)c(OC)c1)c1cc(C)c(C)o1. The fourth-order valence-corrected chi connectivity index (χ4v) is 2.66. The van der Waals surface area contributed by atoms with Crippen LogP contribution in [-0.4, -0.2) is 38.6 Å². The molecule has 0 unspecified atom stereocenters. The van der Waals surface area contributed by atoms with Gasteiger partial charge in [-0.25, -0.2) is 0 Å². The second kappa shape index (κ2) is 9.24. The van der Waals surface area contributed by atoms with Gasteiger partial charge in [-0.3, -0.25) is 0 Å². The molecule has 0 fully saturated rings. The standard InChI is InChI=1S/C19H24N2O4S/c1-12-10-17(25-13(12)2)18(21-24-5)19(26)20-9-8-14-6-7-15(22-3)16(11-14)23-4/h6-7,10-11H,8-9H2,1-5H3,(H,20,26). The highest BCUT2D eigenvalue weighted by molar-refractivity contribution is 7.82. The molecule has 6 nitrogen and oxygen atoms in total. The van der Waals surface area contributed by atoms with Gasteiger partial charge >= 0.3 is 0 Å². The number of oxime groups is 1. The molecular formula is C19H24N2O4S. The summed E-state index contributed by atoms with van der Waals surface area (Å²) >= 11 is 5.45. The molecule has 1 heterocycles. The summed E-state index contributed by atoms with van der Waals surface area (Å²) in [6.45, 7) is 4.51. The van der Waals surface area contributed by atoms with Gasteiger partial charge in [-0.1, -0.05) is 23.4 Å². The quantitative estimate of drug-likeness (QED) is 0.433. The summed E-state index contributed by atoms with van der Waals surface area (Å²) in [4.78, 5) is 5.39. The second-order valence-electron chi connectivity index (χ2n) is 5.67. The van der Waals surface area contributed by atoms with Crippen molar-refractivity contribution in [2.45, 2.75) is 20.3 Å². The first-order chi connectivity index (χ1) is 12.5. The number of ether oxygens (including phenoxy) is 2. The van der Waals surface area contributed by atoms with Crippen molar-refractivity contribution >= 4 is 22.9 Å². The zero-order valence-corrected chi connectivity index (χ0v) is 16.5. The highest BCUT2D eigenvalue weighted by Crippen LogP contribution is 2.27. The smallest absolute Gasteiger partial charge is 0.179 e. The lowest BCUT2D eigenvalue weighted by atomic mass is 10.1. The van der Waals surface area contributed by atoms with Crippen molar-refractivity contribution in [3.8, 4) is 11.5 Å². The molecule has 1 N–H and O–H groups in total. The average Bonchev–Trinajstić information content (AvgIpc) is 2.97. The van der Waals surface area contributed by atoms with Crippen molar-refractivity contribution in [2.75, 3.05) is 27.9 Å². The minimum Gasteiger partial charge on any atom is -0.493 e. The van der Waals surface area contributed by atoms with Gasteiger partial charge in [-0.15, -0.1) is 0 Å². The van der Waals surface area contributed by atoms with E-state index in [4.69, 9.17) is 30.9 Å². The normalized spacial score (nSPS) is 11.2. The van der Waals surface area contributed by atoms with Gasteiger partial charge in [0.25, 0.3) is 0 Å². The summed E-state index contributed by atoms with van der Waals surface area (Å²) in [5, 5.41) is 7.21. The average molecular weight is 376 g/mol. The molecular weight excluding hydrogens is 352 g/mol. The van der Waals surface area contributed by atoms with Crippen LogP contribution in [0.2, 0.25) is 0 Å². The predicted molar refractivity (Wildman–Crippen MR) is 106 cm³/mol. The van der Waals surface area contributed by atoms with E-state index in [0.717, 1.165) is 23.3 Å². The first-order valence-electron chi connectivity index (χ1n) is 8.17. The lowest BCUT2D eigenvalue weighted by molar-refractivity contribution is 0.214. The van der Waals surface area contributed by atoms with Crippen LogP contribution in [0.1, 0.15) is 22.6 Å². The minimum atomic E-state index is 0.473. The molecule has 0 amide bonds. The van der Waals surface area contributed by atoms with Gasteiger partial charge in [0, 0.05) is 6.54 Å². The van der Waals surface area contributed by atoms with Crippen molar-refractivity contribution in [3.05, 3.63) is 46.9 Å². The van der Waals surface area contributed by atoms with Crippen molar-refractivity contribution < 1.29 is 18.7 Å². The number of methoxy groups -OCH3 is 2. The topological polar surface area (TPSA) is 65.2 Å². The lowest BCUT2D eigenvalue weighted by Gasteiger charge is -2.11. The Morgan fingerprint density at radius 1 is 1.12 bits per heavy atom. The molecule has 0 radical (unpaired) electrons. The Bertz CT molecular complexity index is 779. The molecule has 1 aromatic carbocycles. The maximum Gasteiger partial charge on any atom is 0.179 e. The van der Waals surface area contributed by atoms with Crippen LogP contribution in [-0.2, 0) is 11.3 Å². The third kappa shape index (κ3) is 4.76. The van der Waals surface area contributed by atoms with E-state index in [2.05, 4.69) is 10.5 Å². The summed E-state index contributed by atoms with van der Waals surface area (Å²) in [6, 6.07) is 7.73. The predicted octanol–water partition coefficient (Wildman–Crippen LogP) is 3.42. The molecule has 0 aliphatic carbocycles. The van der Waals surface area contributed by atoms with Crippen LogP contribution in [0.25, 0.3) is 0 Å². The zero-order valence-electron chi connectivity index (χ0n) is 15.7. The summed E-state index contributed by atoms with van der Waals surface area (Å²) < 4.78 is 16.3. The molecule has 1 aromatic heterocycles. The summed E-state index contributed by atoms with van der Waals surface area (Å²) in [5.74, 6) is 2.83. The van der Waals surface area contributed by atoms with Crippen LogP contribution in [0, 0.1) is 13.8 Å². The number of benzene rings is 1. The molecule has 140 valence electrons. The number of nitrogens with zero attached hydrogens (tertiary/aromatic N) is 1.